The maximum atomic E-state index is 12.1. The van der Waals surface area contributed by atoms with Crippen LogP contribution in [-0.4, -0.2) is 38.7 Å². The SMILES string of the molecule is CCOC(=O)C(O/C(=C\C(=O)OC)C(=O)OC)c1ccccc1. The number of hydrogen-bond donors (Lipinski definition) is 0. The van der Waals surface area contributed by atoms with Gasteiger partial charge < -0.3 is 18.9 Å². The lowest BCUT2D eigenvalue weighted by Crippen LogP contribution is -2.22. The summed E-state index contributed by atoms with van der Waals surface area (Å²) in [7, 11) is 2.27. The van der Waals surface area contributed by atoms with Crippen LogP contribution in [0.4, 0.5) is 0 Å². The molecule has 1 aromatic carbocycles. The van der Waals surface area contributed by atoms with Crippen molar-refractivity contribution in [3.8, 4) is 0 Å². The Labute approximate surface area is 133 Å². The third kappa shape index (κ3) is 5.46. The minimum Gasteiger partial charge on any atom is -0.466 e. The van der Waals surface area contributed by atoms with Crippen LogP contribution in [0.1, 0.15) is 18.6 Å². The molecule has 1 atom stereocenters. The van der Waals surface area contributed by atoms with Gasteiger partial charge in [0.2, 0.25) is 11.9 Å². The van der Waals surface area contributed by atoms with Gasteiger partial charge in [0.25, 0.3) is 0 Å². The standard InChI is InChI=1S/C16H18O7/c1-4-22-16(19)14(11-8-6-5-7-9-11)23-12(15(18)21-3)10-13(17)20-2/h5-10,14H,4H2,1-3H3/b12-10-. The molecular weight excluding hydrogens is 304 g/mol. The van der Waals surface area contributed by atoms with E-state index in [2.05, 4.69) is 9.47 Å². The number of carbonyl (C=O) groups is 3. The molecule has 0 aliphatic carbocycles. The molecule has 0 saturated carbocycles. The first kappa shape index (κ1) is 18.2. The summed E-state index contributed by atoms with van der Waals surface area (Å²) in [6, 6.07) is 8.43. The molecule has 0 fully saturated rings. The average molecular weight is 322 g/mol. The van der Waals surface area contributed by atoms with E-state index in [-0.39, 0.29) is 6.61 Å². The second-order valence-corrected chi connectivity index (χ2v) is 4.18. The van der Waals surface area contributed by atoms with E-state index in [1.165, 1.54) is 0 Å². The molecule has 0 radical (unpaired) electrons. The van der Waals surface area contributed by atoms with Crippen LogP contribution >= 0.6 is 0 Å². The molecule has 7 nitrogen and oxygen atoms in total. The van der Waals surface area contributed by atoms with Gasteiger partial charge in [0.05, 0.1) is 26.9 Å². The smallest absolute Gasteiger partial charge is 0.373 e. The summed E-state index contributed by atoms with van der Waals surface area (Å²) in [5, 5.41) is 0. The highest BCUT2D eigenvalue weighted by atomic mass is 16.6. The molecule has 7 heteroatoms. The maximum absolute atomic E-state index is 12.1. The molecule has 0 heterocycles. The van der Waals surface area contributed by atoms with Gasteiger partial charge in [0, 0.05) is 5.56 Å². The molecule has 1 rings (SSSR count). The number of carbonyl (C=O) groups excluding carboxylic acids is 3. The van der Waals surface area contributed by atoms with E-state index in [1.54, 1.807) is 37.3 Å². The van der Waals surface area contributed by atoms with Gasteiger partial charge in [-0.15, -0.1) is 0 Å². The second-order valence-electron chi connectivity index (χ2n) is 4.18. The fourth-order valence-electron chi connectivity index (χ4n) is 1.63. The van der Waals surface area contributed by atoms with Crippen LogP contribution in [0.5, 0.6) is 0 Å². The number of ether oxygens (including phenoxy) is 4. The molecular formula is C16H18O7. The van der Waals surface area contributed by atoms with E-state index in [9.17, 15) is 14.4 Å². The number of rotatable bonds is 7. The van der Waals surface area contributed by atoms with Crippen molar-refractivity contribution < 1.29 is 33.3 Å². The van der Waals surface area contributed by atoms with Gasteiger partial charge in [-0.3, -0.25) is 0 Å². The van der Waals surface area contributed by atoms with Crippen molar-refractivity contribution in [1.82, 2.24) is 0 Å². The number of esters is 3. The van der Waals surface area contributed by atoms with Crippen molar-refractivity contribution in [3.63, 3.8) is 0 Å². The molecule has 124 valence electrons. The highest BCUT2D eigenvalue weighted by Gasteiger charge is 2.28. The summed E-state index contributed by atoms with van der Waals surface area (Å²) in [5.74, 6) is -2.89. The fourth-order valence-corrected chi connectivity index (χ4v) is 1.63. The summed E-state index contributed by atoms with van der Waals surface area (Å²) >= 11 is 0. The predicted molar refractivity (Wildman–Crippen MR) is 79.0 cm³/mol. The Balaban J connectivity index is 3.15. The molecule has 0 spiro atoms. The van der Waals surface area contributed by atoms with Crippen molar-refractivity contribution in [2.75, 3.05) is 20.8 Å². The van der Waals surface area contributed by atoms with Gasteiger partial charge in [0.1, 0.15) is 0 Å². The first-order valence-electron chi connectivity index (χ1n) is 6.79. The van der Waals surface area contributed by atoms with E-state index in [4.69, 9.17) is 9.47 Å². The first-order chi connectivity index (χ1) is 11.0. The number of methoxy groups -OCH3 is 2. The molecule has 1 aromatic rings. The lowest BCUT2D eigenvalue weighted by Gasteiger charge is -2.18. The highest BCUT2D eigenvalue weighted by Crippen LogP contribution is 2.23. The zero-order valence-corrected chi connectivity index (χ0v) is 13.1. The Kier molecular flexibility index (Phi) is 7.32. The van der Waals surface area contributed by atoms with Crippen LogP contribution < -0.4 is 0 Å². The Morgan fingerprint density at radius 3 is 2.26 bits per heavy atom. The Morgan fingerprint density at radius 2 is 1.74 bits per heavy atom. The molecule has 0 aliphatic rings. The zero-order valence-electron chi connectivity index (χ0n) is 13.1. The van der Waals surface area contributed by atoms with Crippen molar-refractivity contribution in [2.45, 2.75) is 13.0 Å². The van der Waals surface area contributed by atoms with Crippen LogP contribution in [0.2, 0.25) is 0 Å². The molecule has 0 N–H and O–H groups in total. The number of hydrogen-bond acceptors (Lipinski definition) is 7. The predicted octanol–water partition coefficient (Wildman–Crippen LogP) is 1.54. The molecule has 1 unspecified atom stereocenters. The summed E-state index contributed by atoms with van der Waals surface area (Å²) in [4.78, 5) is 35.2. The second kappa shape index (κ2) is 9.24. The third-order valence-corrected chi connectivity index (χ3v) is 2.68. The van der Waals surface area contributed by atoms with Gasteiger partial charge in [-0.2, -0.15) is 0 Å². The minimum absolute atomic E-state index is 0.139. The van der Waals surface area contributed by atoms with E-state index < -0.39 is 29.8 Å². The van der Waals surface area contributed by atoms with Crippen molar-refractivity contribution >= 4 is 17.9 Å². The quantitative estimate of drug-likeness (QED) is 0.325. The molecule has 0 amide bonds. The normalized spacial score (nSPS) is 12.0. The molecule has 0 bridgehead atoms. The van der Waals surface area contributed by atoms with Gasteiger partial charge in [-0.1, -0.05) is 30.3 Å². The van der Waals surface area contributed by atoms with Crippen LogP contribution in [0.15, 0.2) is 42.2 Å². The minimum atomic E-state index is -1.22. The van der Waals surface area contributed by atoms with Crippen LogP contribution in [0.25, 0.3) is 0 Å². The Hall–Kier alpha value is -2.83. The Morgan fingerprint density at radius 1 is 1.09 bits per heavy atom. The van der Waals surface area contributed by atoms with Crippen LogP contribution in [0.3, 0.4) is 0 Å². The Bertz CT molecular complexity index is 577. The van der Waals surface area contributed by atoms with E-state index in [1.807, 2.05) is 0 Å². The van der Waals surface area contributed by atoms with Gasteiger partial charge in [-0.25, -0.2) is 14.4 Å². The van der Waals surface area contributed by atoms with Crippen LogP contribution in [-0.2, 0) is 33.3 Å². The van der Waals surface area contributed by atoms with Crippen LogP contribution in [0, 0.1) is 0 Å². The zero-order chi connectivity index (χ0) is 17.2. The number of benzene rings is 1. The lowest BCUT2D eigenvalue weighted by molar-refractivity contribution is -0.157. The van der Waals surface area contributed by atoms with Crippen molar-refractivity contribution in [2.24, 2.45) is 0 Å². The average Bonchev–Trinajstić information content (AvgIpc) is 2.58. The van der Waals surface area contributed by atoms with Gasteiger partial charge >= 0.3 is 17.9 Å². The van der Waals surface area contributed by atoms with Gasteiger partial charge in [0.15, 0.2) is 0 Å². The molecule has 0 aliphatic heterocycles. The molecule has 0 saturated heterocycles. The molecule has 23 heavy (non-hydrogen) atoms. The summed E-state index contributed by atoms with van der Waals surface area (Å²) in [6.45, 7) is 1.78. The fraction of sp³-hybridized carbons (Fsp3) is 0.312. The van der Waals surface area contributed by atoms with E-state index in [0.717, 1.165) is 20.3 Å². The van der Waals surface area contributed by atoms with Crippen molar-refractivity contribution in [3.05, 3.63) is 47.7 Å². The lowest BCUT2D eigenvalue weighted by atomic mass is 10.1. The van der Waals surface area contributed by atoms with E-state index >= 15 is 0 Å². The topological polar surface area (TPSA) is 88.1 Å². The maximum Gasteiger partial charge on any atom is 0.373 e. The third-order valence-electron chi connectivity index (χ3n) is 2.68. The first-order valence-corrected chi connectivity index (χ1v) is 6.79. The largest absolute Gasteiger partial charge is 0.466 e. The molecule has 0 aromatic heterocycles. The summed E-state index contributed by atoms with van der Waals surface area (Å²) in [5.41, 5.74) is 0.464. The highest BCUT2D eigenvalue weighted by molar-refractivity contribution is 5.95. The van der Waals surface area contributed by atoms with Crippen molar-refractivity contribution in [1.29, 1.82) is 0 Å². The summed E-state index contributed by atoms with van der Waals surface area (Å²) in [6.07, 6.45) is -0.410. The summed E-state index contributed by atoms with van der Waals surface area (Å²) < 4.78 is 19.3. The van der Waals surface area contributed by atoms with E-state index in [0.29, 0.717) is 5.56 Å². The monoisotopic (exact) mass is 322 g/mol. The van der Waals surface area contributed by atoms with Gasteiger partial charge in [-0.05, 0) is 6.92 Å².